The van der Waals surface area contributed by atoms with Gasteiger partial charge < -0.3 is 5.32 Å². The third-order valence-electron chi connectivity index (χ3n) is 2.83. The molecular weight excluding hydrogens is 230 g/mol. The maximum Gasteiger partial charge on any atom is 0.156 e. The lowest BCUT2D eigenvalue weighted by Gasteiger charge is -2.33. The minimum atomic E-state index is -2.94. The number of hydrogen-bond donors (Lipinski definition) is 1. The summed E-state index contributed by atoms with van der Waals surface area (Å²) in [5, 5.41) is 5.01. The Morgan fingerprint density at radius 2 is 2.20 bits per heavy atom. The summed E-state index contributed by atoms with van der Waals surface area (Å²) in [5.74, 6) is 0.246. The lowest BCUT2D eigenvalue weighted by Crippen LogP contribution is -2.49. The van der Waals surface area contributed by atoms with Gasteiger partial charge in [-0.15, -0.1) is 11.3 Å². The molecule has 3 unspecified atom stereocenters. The van der Waals surface area contributed by atoms with Crippen LogP contribution >= 0.6 is 11.3 Å². The SMILES string of the molecule is CC1CS(=O)(=O)C(C)C(c2cccs2)N1. The summed E-state index contributed by atoms with van der Waals surface area (Å²) in [4.78, 5) is 1.11. The molecule has 0 aliphatic carbocycles. The fourth-order valence-electron chi connectivity index (χ4n) is 1.98. The van der Waals surface area contributed by atoms with Crippen LogP contribution in [0.2, 0.25) is 0 Å². The number of thiophene rings is 1. The average molecular weight is 245 g/mol. The van der Waals surface area contributed by atoms with Crippen LogP contribution in [0.15, 0.2) is 17.5 Å². The largest absolute Gasteiger partial charge is 0.305 e. The Bertz CT molecular complexity index is 424. The highest BCUT2D eigenvalue weighted by Crippen LogP contribution is 2.30. The van der Waals surface area contributed by atoms with Gasteiger partial charge in [0, 0.05) is 10.9 Å². The number of rotatable bonds is 1. The van der Waals surface area contributed by atoms with Crippen molar-refractivity contribution in [3.63, 3.8) is 0 Å². The van der Waals surface area contributed by atoms with Crippen molar-refractivity contribution in [2.45, 2.75) is 31.2 Å². The van der Waals surface area contributed by atoms with Crippen molar-refractivity contribution >= 4 is 21.2 Å². The third-order valence-corrected chi connectivity index (χ3v) is 6.16. The second kappa shape index (κ2) is 3.88. The topological polar surface area (TPSA) is 46.2 Å². The first kappa shape index (κ1) is 11.1. The van der Waals surface area contributed by atoms with E-state index in [1.165, 1.54) is 0 Å². The monoisotopic (exact) mass is 245 g/mol. The van der Waals surface area contributed by atoms with E-state index in [0.29, 0.717) is 0 Å². The van der Waals surface area contributed by atoms with E-state index in [1.54, 1.807) is 18.3 Å². The minimum Gasteiger partial charge on any atom is -0.305 e. The maximum absolute atomic E-state index is 11.9. The molecule has 1 aliphatic rings. The van der Waals surface area contributed by atoms with Gasteiger partial charge in [-0.3, -0.25) is 0 Å². The lowest BCUT2D eigenvalue weighted by molar-refractivity contribution is 0.432. The second-order valence-corrected chi connectivity index (χ2v) is 7.48. The van der Waals surface area contributed by atoms with Gasteiger partial charge in [0.15, 0.2) is 9.84 Å². The molecule has 0 spiro atoms. The van der Waals surface area contributed by atoms with E-state index < -0.39 is 9.84 Å². The van der Waals surface area contributed by atoms with Gasteiger partial charge in [0.1, 0.15) is 0 Å². The molecule has 84 valence electrons. The predicted molar refractivity (Wildman–Crippen MR) is 62.9 cm³/mol. The highest BCUT2D eigenvalue weighted by Gasteiger charge is 2.37. The Kier molecular flexibility index (Phi) is 2.87. The normalized spacial score (nSPS) is 35.2. The van der Waals surface area contributed by atoms with Crippen molar-refractivity contribution < 1.29 is 8.42 Å². The molecule has 1 aliphatic heterocycles. The average Bonchev–Trinajstić information content (AvgIpc) is 2.63. The van der Waals surface area contributed by atoms with Crippen LogP contribution in [0.3, 0.4) is 0 Å². The summed E-state index contributed by atoms with van der Waals surface area (Å²) in [6.07, 6.45) is 0. The van der Waals surface area contributed by atoms with E-state index in [9.17, 15) is 8.42 Å². The molecule has 0 radical (unpaired) electrons. The zero-order valence-corrected chi connectivity index (χ0v) is 10.4. The van der Waals surface area contributed by atoms with Gasteiger partial charge in [-0.1, -0.05) is 6.07 Å². The van der Waals surface area contributed by atoms with Crippen LogP contribution in [0.4, 0.5) is 0 Å². The molecule has 2 rings (SSSR count). The van der Waals surface area contributed by atoms with Crippen molar-refractivity contribution in [3.8, 4) is 0 Å². The van der Waals surface area contributed by atoms with Gasteiger partial charge in [0.05, 0.1) is 17.0 Å². The molecule has 1 saturated heterocycles. The first-order valence-corrected chi connectivity index (χ1v) is 7.61. The van der Waals surface area contributed by atoms with E-state index in [0.717, 1.165) is 4.88 Å². The van der Waals surface area contributed by atoms with E-state index in [4.69, 9.17) is 0 Å². The van der Waals surface area contributed by atoms with Gasteiger partial charge >= 0.3 is 0 Å². The Balaban J connectivity index is 2.33. The molecule has 0 saturated carbocycles. The standard InChI is InChI=1S/C10H15NO2S2/c1-7-6-15(12,13)8(2)10(11-7)9-4-3-5-14-9/h3-5,7-8,10-11H,6H2,1-2H3. The lowest BCUT2D eigenvalue weighted by atomic mass is 10.1. The zero-order valence-electron chi connectivity index (χ0n) is 8.80. The quantitative estimate of drug-likeness (QED) is 0.817. The molecule has 1 N–H and O–H groups in total. The van der Waals surface area contributed by atoms with Crippen molar-refractivity contribution in [1.29, 1.82) is 0 Å². The molecular formula is C10H15NO2S2. The highest BCUT2D eigenvalue weighted by molar-refractivity contribution is 7.92. The number of nitrogens with one attached hydrogen (secondary N) is 1. The fourth-order valence-corrected chi connectivity index (χ4v) is 4.69. The molecule has 2 heterocycles. The summed E-state index contributed by atoms with van der Waals surface area (Å²) in [6, 6.07) is 3.95. The highest BCUT2D eigenvalue weighted by atomic mass is 32.2. The first-order chi connectivity index (χ1) is 7.00. The summed E-state index contributed by atoms with van der Waals surface area (Å²) in [7, 11) is -2.94. The summed E-state index contributed by atoms with van der Waals surface area (Å²) in [6.45, 7) is 3.71. The Hall–Kier alpha value is -0.390. The fraction of sp³-hybridized carbons (Fsp3) is 0.600. The van der Waals surface area contributed by atoms with Crippen molar-refractivity contribution in [3.05, 3.63) is 22.4 Å². The van der Waals surface area contributed by atoms with Gasteiger partial charge in [-0.05, 0) is 25.3 Å². The van der Waals surface area contributed by atoms with Crippen LogP contribution in [0.5, 0.6) is 0 Å². The first-order valence-electron chi connectivity index (χ1n) is 5.02. The molecule has 1 aromatic rings. The maximum atomic E-state index is 11.9. The molecule has 0 amide bonds. The number of sulfone groups is 1. The Morgan fingerprint density at radius 1 is 1.47 bits per heavy atom. The zero-order chi connectivity index (χ0) is 11.1. The minimum absolute atomic E-state index is 0.0401. The van der Waals surface area contributed by atoms with E-state index in [1.807, 2.05) is 24.4 Å². The van der Waals surface area contributed by atoms with Crippen LogP contribution in [0.1, 0.15) is 24.8 Å². The second-order valence-electron chi connectivity index (χ2n) is 4.10. The number of hydrogen-bond acceptors (Lipinski definition) is 4. The molecule has 5 heteroatoms. The summed E-state index contributed by atoms with van der Waals surface area (Å²) >= 11 is 1.61. The molecule has 3 nitrogen and oxygen atoms in total. The van der Waals surface area contributed by atoms with Gasteiger partial charge in [-0.2, -0.15) is 0 Å². The van der Waals surface area contributed by atoms with Crippen molar-refractivity contribution in [2.24, 2.45) is 0 Å². The van der Waals surface area contributed by atoms with E-state index in [2.05, 4.69) is 5.32 Å². The molecule has 3 atom stereocenters. The van der Waals surface area contributed by atoms with Crippen molar-refractivity contribution in [2.75, 3.05) is 5.75 Å². The van der Waals surface area contributed by atoms with Crippen LogP contribution in [0.25, 0.3) is 0 Å². The van der Waals surface area contributed by atoms with Crippen LogP contribution in [0, 0.1) is 0 Å². The molecule has 15 heavy (non-hydrogen) atoms. The van der Waals surface area contributed by atoms with Crippen LogP contribution < -0.4 is 5.32 Å². The third kappa shape index (κ3) is 2.09. The summed E-state index contributed by atoms with van der Waals surface area (Å²) in [5.41, 5.74) is 0. The smallest absolute Gasteiger partial charge is 0.156 e. The Labute approximate surface area is 94.4 Å². The van der Waals surface area contributed by atoms with Crippen LogP contribution in [-0.4, -0.2) is 25.5 Å². The predicted octanol–water partition coefficient (Wildman–Crippen LogP) is 1.58. The molecule has 1 fully saturated rings. The van der Waals surface area contributed by atoms with Gasteiger partial charge in [-0.25, -0.2) is 8.42 Å². The van der Waals surface area contributed by atoms with Crippen LogP contribution in [-0.2, 0) is 9.84 Å². The molecule has 0 bridgehead atoms. The summed E-state index contributed by atoms with van der Waals surface area (Å²) < 4.78 is 23.7. The van der Waals surface area contributed by atoms with Crippen molar-refractivity contribution in [1.82, 2.24) is 5.32 Å². The molecule has 1 aromatic heterocycles. The van der Waals surface area contributed by atoms with Gasteiger partial charge in [0.25, 0.3) is 0 Å². The molecule has 0 aromatic carbocycles. The van der Waals surface area contributed by atoms with E-state index >= 15 is 0 Å². The van der Waals surface area contributed by atoms with Gasteiger partial charge in [0.2, 0.25) is 0 Å². The van der Waals surface area contributed by atoms with E-state index in [-0.39, 0.29) is 23.1 Å². The Morgan fingerprint density at radius 3 is 2.80 bits per heavy atom.